The van der Waals surface area contributed by atoms with Crippen molar-refractivity contribution < 1.29 is 19.5 Å². The number of carbonyl (C=O) groups excluding carboxylic acids is 2. The molecular weight excluding hydrogens is 234 g/mol. The minimum Gasteiger partial charge on any atom is -0.478 e. The monoisotopic (exact) mass is 251 g/mol. The predicted molar refractivity (Wildman–Crippen MR) is 63.6 cm³/mol. The van der Waals surface area contributed by atoms with Gasteiger partial charge in [0.2, 0.25) is 11.8 Å². The molecule has 5 heteroatoms. The Kier molecular flexibility index (Phi) is 3.50. The van der Waals surface area contributed by atoms with Crippen LogP contribution < -0.4 is 0 Å². The van der Waals surface area contributed by atoms with E-state index in [2.05, 4.69) is 6.58 Å². The highest BCUT2D eigenvalue weighted by atomic mass is 16.4. The van der Waals surface area contributed by atoms with E-state index in [4.69, 9.17) is 5.11 Å². The molecule has 18 heavy (non-hydrogen) atoms. The van der Waals surface area contributed by atoms with Gasteiger partial charge in [-0.2, -0.15) is 0 Å². The van der Waals surface area contributed by atoms with E-state index in [0.29, 0.717) is 0 Å². The van der Waals surface area contributed by atoms with Gasteiger partial charge in [0.05, 0.1) is 11.8 Å². The number of carboxylic acids is 1. The molecule has 98 valence electrons. The SMILES string of the molecule is C=C(CCN1C(=O)C2CCCCC2C1=O)C(=O)O. The van der Waals surface area contributed by atoms with Crippen molar-refractivity contribution in [1.29, 1.82) is 0 Å². The Morgan fingerprint density at radius 3 is 2.17 bits per heavy atom. The van der Waals surface area contributed by atoms with E-state index < -0.39 is 5.97 Å². The molecule has 0 aromatic heterocycles. The predicted octanol–water partition coefficient (Wildman–Crippen LogP) is 1.19. The molecule has 2 unspecified atom stereocenters. The topological polar surface area (TPSA) is 74.7 Å². The molecule has 1 saturated carbocycles. The van der Waals surface area contributed by atoms with Gasteiger partial charge in [0.1, 0.15) is 0 Å². The van der Waals surface area contributed by atoms with Crippen molar-refractivity contribution >= 4 is 17.8 Å². The summed E-state index contributed by atoms with van der Waals surface area (Å²) in [6.45, 7) is 3.56. The number of carbonyl (C=O) groups is 3. The average Bonchev–Trinajstić information content (AvgIpc) is 2.60. The number of hydrogen-bond donors (Lipinski definition) is 1. The Balaban J connectivity index is 2.01. The highest BCUT2D eigenvalue weighted by molar-refractivity contribution is 6.05. The quantitative estimate of drug-likeness (QED) is 0.601. The van der Waals surface area contributed by atoms with E-state index in [1.807, 2.05) is 0 Å². The lowest BCUT2D eigenvalue weighted by Crippen LogP contribution is -2.32. The molecule has 1 heterocycles. The number of likely N-dealkylation sites (tertiary alicyclic amines) is 1. The van der Waals surface area contributed by atoms with Gasteiger partial charge in [-0.1, -0.05) is 19.4 Å². The smallest absolute Gasteiger partial charge is 0.331 e. The Labute approximate surface area is 105 Å². The number of hydrogen-bond acceptors (Lipinski definition) is 3. The van der Waals surface area contributed by atoms with Gasteiger partial charge in [0.15, 0.2) is 0 Å². The van der Waals surface area contributed by atoms with Gasteiger partial charge < -0.3 is 5.11 Å². The van der Waals surface area contributed by atoms with Crippen molar-refractivity contribution in [1.82, 2.24) is 4.90 Å². The fraction of sp³-hybridized carbons (Fsp3) is 0.615. The number of rotatable bonds is 4. The molecule has 1 aliphatic heterocycles. The molecule has 2 rings (SSSR count). The van der Waals surface area contributed by atoms with Crippen LogP contribution in [0.1, 0.15) is 32.1 Å². The molecule has 0 aromatic rings. The first-order chi connectivity index (χ1) is 8.52. The lowest BCUT2D eigenvalue weighted by Gasteiger charge is -2.19. The molecule has 2 amide bonds. The van der Waals surface area contributed by atoms with E-state index in [9.17, 15) is 14.4 Å². The van der Waals surface area contributed by atoms with Gasteiger partial charge in [0.25, 0.3) is 0 Å². The van der Waals surface area contributed by atoms with Crippen LogP contribution in [0.3, 0.4) is 0 Å². The fourth-order valence-corrected chi connectivity index (χ4v) is 2.81. The summed E-state index contributed by atoms with van der Waals surface area (Å²) in [5.41, 5.74) is 0.0328. The van der Waals surface area contributed by atoms with E-state index >= 15 is 0 Å². The lowest BCUT2D eigenvalue weighted by molar-refractivity contribution is -0.140. The van der Waals surface area contributed by atoms with E-state index in [1.165, 1.54) is 4.90 Å². The summed E-state index contributed by atoms with van der Waals surface area (Å²) in [6.07, 6.45) is 3.70. The fourth-order valence-electron chi connectivity index (χ4n) is 2.81. The first kappa shape index (κ1) is 12.8. The van der Waals surface area contributed by atoms with Crippen LogP contribution in [-0.2, 0) is 14.4 Å². The minimum atomic E-state index is -1.08. The van der Waals surface area contributed by atoms with Crippen molar-refractivity contribution in [3.63, 3.8) is 0 Å². The van der Waals surface area contributed by atoms with Crippen LogP contribution >= 0.6 is 0 Å². The zero-order chi connectivity index (χ0) is 13.3. The van der Waals surface area contributed by atoms with E-state index in [0.717, 1.165) is 25.7 Å². The molecular formula is C13H17NO4. The summed E-state index contributed by atoms with van der Waals surface area (Å²) >= 11 is 0. The first-order valence-corrected chi connectivity index (χ1v) is 6.28. The standard InChI is InChI=1S/C13H17NO4/c1-8(13(17)18)6-7-14-11(15)9-4-2-3-5-10(9)12(14)16/h9-10H,1-7H2,(H,17,18). The Bertz CT molecular complexity index is 391. The maximum Gasteiger partial charge on any atom is 0.331 e. The number of imide groups is 1. The number of carboxylic acid groups (broad SMARTS) is 1. The van der Waals surface area contributed by atoms with Gasteiger partial charge in [-0.15, -0.1) is 0 Å². The average molecular weight is 251 g/mol. The van der Waals surface area contributed by atoms with Crippen molar-refractivity contribution in [2.75, 3.05) is 6.54 Å². The number of nitrogens with zero attached hydrogens (tertiary/aromatic N) is 1. The van der Waals surface area contributed by atoms with Gasteiger partial charge in [-0.05, 0) is 19.3 Å². The lowest BCUT2D eigenvalue weighted by atomic mass is 9.81. The van der Waals surface area contributed by atoms with E-state index in [1.54, 1.807) is 0 Å². The van der Waals surface area contributed by atoms with Gasteiger partial charge in [-0.3, -0.25) is 14.5 Å². The van der Waals surface area contributed by atoms with Crippen LogP contribution in [0.4, 0.5) is 0 Å². The molecule has 0 bridgehead atoms. The van der Waals surface area contributed by atoms with Crippen molar-refractivity contribution in [2.45, 2.75) is 32.1 Å². The maximum absolute atomic E-state index is 12.1. The first-order valence-electron chi connectivity index (χ1n) is 6.28. The largest absolute Gasteiger partial charge is 0.478 e. The van der Waals surface area contributed by atoms with Crippen LogP contribution in [0.2, 0.25) is 0 Å². The number of amides is 2. The highest BCUT2D eigenvalue weighted by Crippen LogP contribution is 2.38. The summed E-state index contributed by atoms with van der Waals surface area (Å²) in [4.78, 5) is 36.0. The second kappa shape index (κ2) is 4.92. The molecule has 1 saturated heterocycles. The molecule has 5 nitrogen and oxygen atoms in total. The van der Waals surface area contributed by atoms with Crippen LogP contribution in [-0.4, -0.2) is 34.3 Å². The summed E-state index contributed by atoms with van der Waals surface area (Å²) in [5, 5.41) is 8.71. The third-order valence-electron chi connectivity index (χ3n) is 3.87. The second-order valence-electron chi connectivity index (χ2n) is 4.98. The molecule has 1 aliphatic carbocycles. The summed E-state index contributed by atoms with van der Waals surface area (Å²) in [5.74, 6) is -1.65. The third kappa shape index (κ3) is 2.17. The third-order valence-corrected chi connectivity index (χ3v) is 3.87. The zero-order valence-electron chi connectivity index (χ0n) is 10.2. The number of aliphatic carboxylic acids is 1. The van der Waals surface area contributed by atoms with Crippen molar-refractivity contribution in [2.24, 2.45) is 11.8 Å². The zero-order valence-corrected chi connectivity index (χ0v) is 10.2. The van der Waals surface area contributed by atoms with E-state index in [-0.39, 0.29) is 42.2 Å². The van der Waals surface area contributed by atoms with Crippen LogP contribution in [0.25, 0.3) is 0 Å². The molecule has 0 aromatic carbocycles. The van der Waals surface area contributed by atoms with Gasteiger partial charge in [0, 0.05) is 12.1 Å². The van der Waals surface area contributed by atoms with Crippen LogP contribution in [0.15, 0.2) is 12.2 Å². The molecule has 0 spiro atoms. The Morgan fingerprint density at radius 1 is 1.22 bits per heavy atom. The minimum absolute atomic E-state index is 0.0328. The molecule has 1 N–H and O–H groups in total. The summed E-state index contributed by atoms with van der Waals surface area (Å²) < 4.78 is 0. The van der Waals surface area contributed by atoms with Gasteiger partial charge in [-0.25, -0.2) is 4.79 Å². The van der Waals surface area contributed by atoms with Crippen LogP contribution in [0.5, 0.6) is 0 Å². The normalized spacial score (nSPS) is 27.2. The molecule has 0 radical (unpaired) electrons. The molecule has 2 fully saturated rings. The highest BCUT2D eigenvalue weighted by Gasteiger charge is 2.47. The summed E-state index contributed by atoms with van der Waals surface area (Å²) in [6, 6.07) is 0. The Hall–Kier alpha value is -1.65. The molecule has 2 aliphatic rings. The second-order valence-corrected chi connectivity index (χ2v) is 4.98. The van der Waals surface area contributed by atoms with Gasteiger partial charge >= 0.3 is 5.97 Å². The maximum atomic E-state index is 12.1. The van der Waals surface area contributed by atoms with Crippen molar-refractivity contribution in [3.05, 3.63) is 12.2 Å². The summed E-state index contributed by atoms with van der Waals surface area (Å²) in [7, 11) is 0. The number of fused-ring (bicyclic) bond motifs is 1. The molecule has 2 atom stereocenters. The van der Waals surface area contributed by atoms with Crippen molar-refractivity contribution in [3.8, 4) is 0 Å². The van der Waals surface area contributed by atoms with Crippen LogP contribution in [0, 0.1) is 11.8 Å². The Morgan fingerprint density at radius 2 is 1.72 bits per heavy atom.